The lowest BCUT2D eigenvalue weighted by atomic mass is 10.4. The van der Waals surface area contributed by atoms with E-state index in [0.717, 1.165) is 5.82 Å². The summed E-state index contributed by atoms with van der Waals surface area (Å²) in [6, 6.07) is 0. The molecule has 1 fully saturated rings. The fourth-order valence-corrected chi connectivity index (χ4v) is 2.78. The molecule has 0 amide bonds. The van der Waals surface area contributed by atoms with Gasteiger partial charge in [-0.1, -0.05) is 0 Å². The molecule has 1 aliphatic rings. The maximum atomic E-state index is 11.1. The first kappa shape index (κ1) is 9.67. The molecule has 2 rings (SSSR count). The predicted octanol–water partition coefficient (Wildman–Crippen LogP) is -0.360. The molecular formula is C8H13N3O2S. The van der Waals surface area contributed by atoms with E-state index >= 15 is 0 Å². The van der Waals surface area contributed by atoms with Crippen molar-refractivity contribution in [3.8, 4) is 0 Å². The van der Waals surface area contributed by atoms with E-state index in [9.17, 15) is 8.42 Å². The molecule has 1 N–H and O–H groups in total. The van der Waals surface area contributed by atoms with Gasteiger partial charge in [0.15, 0.2) is 9.84 Å². The quantitative estimate of drug-likeness (QED) is 0.731. The van der Waals surface area contributed by atoms with Crippen molar-refractivity contribution in [1.82, 2.24) is 14.9 Å². The van der Waals surface area contributed by atoms with Crippen molar-refractivity contribution in [3.05, 3.63) is 18.2 Å². The molecule has 0 saturated carbocycles. The highest BCUT2D eigenvalue weighted by atomic mass is 32.2. The normalized spacial score (nSPS) is 22.3. The minimum Gasteiger partial charge on any atom is -0.348 e. The Balaban J connectivity index is 1.91. The molecule has 2 heterocycles. The van der Waals surface area contributed by atoms with Gasteiger partial charge in [0.05, 0.1) is 18.1 Å². The number of nitrogens with zero attached hydrogens (tertiary/aromatic N) is 2. The summed E-state index contributed by atoms with van der Waals surface area (Å²) in [4.78, 5) is 9.20. The summed E-state index contributed by atoms with van der Waals surface area (Å²) in [7, 11) is -2.77. The number of H-pyrrole nitrogens is 1. The number of sulfone groups is 1. The first-order chi connectivity index (χ1) is 6.66. The monoisotopic (exact) mass is 215 g/mol. The molecule has 0 aliphatic carbocycles. The second-order valence-corrected chi connectivity index (χ2v) is 5.77. The van der Waals surface area contributed by atoms with E-state index in [1.54, 1.807) is 12.4 Å². The Labute approximate surface area is 83.1 Å². The Morgan fingerprint density at radius 3 is 2.71 bits per heavy atom. The highest BCUT2D eigenvalue weighted by molar-refractivity contribution is 7.91. The Morgan fingerprint density at radius 2 is 2.14 bits per heavy atom. The fourth-order valence-electron chi connectivity index (χ4n) is 1.50. The van der Waals surface area contributed by atoms with Crippen LogP contribution in [-0.4, -0.2) is 47.9 Å². The Kier molecular flexibility index (Phi) is 2.56. The van der Waals surface area contributed by atoms with Gasteiger partial charge in [0, 0.05) is 25.5 Å². The van der Waals surface area contributed by atoms with E-state index in [4.69, 9.17) is 0 Å². The molecule has 1 aliphatic heterocycles. The summed E-state index contributed by atoms with van der Waals surface area (Å²) in [5.41, 5.74) is 0. The fraction of sp³-hybridized carbons (Fsp3) is 0.625. The maximum absolute atomic E-state index is 11.1. The van der Waals surface area contributed by atoms with E-state index in [1.807, 2.05) is 0 Å². The summed E-state index contributed by atoms with van der Waals surface area (Å²) in [6.45, 7) is 1.94. The van der Waals surface area contributed by atoms with E-state index in [2.05, 4.69) is 14.9 Å². The lowest BCUT2D eigenvalue weighted by molar-refractivity contribution is 0.281. The van der Waals surface area contributed by atoms with E-state index < -0.39 is 9.84 Å². The minimum atomic E-state index is -2.77. The molecule has 0 unspecified atom stereocenters. The van der Waals surface area contributed by atoms with Crippen LogP contribution in [0.15, 0.2) is 12.4 Å². The molecule has 0 radical (unpaired) electrons. The Morgan fingerprint density at radius 1 is 1.43 bits per heavy atom. The van der Waals surface area contributed by atoms with Gasteiger partial charge in [-0.15, -0.1) is 0 Å². The molecule has 1 aromatic heterocycles. The number of hydrogen-bond donors (Lipinski definition) is 1. The number of aromatic amines is 1. The number of aromatic nitrogens is 2. The van der Waals surface area contributed by atoms with Crippen LogP contribution in [0.3, 0.4) is 0 Å². The number of rotatable bonds is 2. The largest absolute Gasteiger partial charge is 0.348 e. The van der Waals surface area contributed by atoms with Gasteiger partial charge in [-0.25, -0.2) is 13.4 Å². The summed E-state index contributed by atoms with van der Waals surface area (Å²) < 4.78 is 22.3. The highest BCUT2D eigenvalue weighted by Crippen LogP contribution is 2.06. The first-order valence-electron chi connectivity index (χ1n) is 4.57. The third-order valence-electron chi connectivity index (χ3n) is 2.37. The van der Waals surface area contributed by atoms with Gasteiger partial charge in [0.25, 0.3) is 0 Å². The van der Waals surface area contributed by atoms with Crippen molar-refractivity contribution >= 4 is 9.84 Å². The summed E-state index contributed by atoms with van der Waals surface area (Å²) in [6.07, 6.45) is 3.48. The van der Waals surface area contributed by atoms with Crippen LogP contribution in [0.2, 0.25) is 0 Å². The zero-order valence-corrected chi connectivity index (χ0v) is 8.63. The number of imidazole rings is 1. The third kappa shape index (κ3) is 2.33. The van der Waals surface area contributed by atoms with Gasteiger partial charge in [0.1, 0.15) is 5.82 Å². The van der Waals surface area contributed by atoms with Crippen molar-refractivity contribution in [1.29, 1.82) is 0 Å². The smallest absolute Gasteiger partial charge is 0.152 e. The van der Waals surface area contributed by atoms with Crippen molar-refractivity contribution in [2.24, 2.45) is 0 Å². The molecular weight excluding hydrogens is 202 g/mol. The molecule has 1 saturated heterocycles. The van der Waals surface area contributed by atoms with Gasteiger partial charge in [-0.05, 0) is 0 Å². The predicted molar refractivity (Wildman–Crippen MR) is 52.5 cm³/mol. The summed E-state index contributed by atoms with van der Waals surface area (Å²) in [5.74, 6) is 1.44. The number of nitrogens with one attached hydrogen (secondary N) is 1. The van der Waals surface area contributed by atoms with Crippen LogP contribution in [0.4, 0.5) is 0 Å². The van der Waals surface area contributed by atoms with Crippen LogP contribution in [-0.2, 0) is 16.4 Å². The molecule has 14 heavy (non-hydrogen) atoms. The van der Waals surface area contributed by atoms with Crippen LogP contribution < -0.4 is 0 Å². The van der Waals surface area contributed by atoms with Crippen LogP contribution in [0, 0.1) is 0 Å². The SMILES string of the molecule is O=S1(=O)CCN(Cc2ncc[nH]2)CC1. The van der Waals surface area contributed by atoms with Gasteiger partial charge in [-0.2, -0.15) is 0 Å². The van der Waals surface area contributed by atoms with Gasteiger partial charge >= 0.3 is 0 Å². The van der Waals surface area contributed by atoms with Gasteiger partial charge in [-0.3, -0.25) is 4.90 Å². The van der Waals surface area contributed by atoms with E-state index in [-0.39, 0.29) is 11.5 Å². The summed E-state index contributed by atoms with van der Waals surface area (Å²) >= 11 is 0. The van der Waals surface area contributed by atoms with E-state index in [1.165, 1.54) is 0 Å². The zero-order valence-electron chi connectivity index (χ0n) is 7.81. The Bertz CT molecular complexity index is 371. The lowest BCUT2D eigenvalue weighted by Gasteiger charge is -2.25. The third-order valence-corrected chi connectivity index (χ3v) is 3.97. The van der Waals surface area contributed by atoms with Crippen molar-refractivity contribution in [2.45, 2.75) is 6.54 Å². The van der Waals surface area contributed by atoms with Crippen molar-refractivity contribution < 1.29 is 8.42 Å². The van der Waals surface area contributed by atoms with Crippen LogP contribution in [0.1, 0.15) is 5.82 Å². The van der Waals surface area contributed by atoms with Crippen LogP contribution in [0.5, 0.6) is 0 Å². The van der Waals surface area contributed by atoms with Gasteiger partial charge < -0.3 is 4.98 Å². The molecule has 6 heteroatoms. The Hall–Kier alpha value is -0.880. The molecule has 5 nitrogen and oxygen atoms in total. The van der Waals surface area contributed by atoms with Gasteiger partial charge in [0.2, 0.25) is 0 Å². The maximum Gasteiger partial charge on any atom is 0.152 e. The minimum absolute atomic E-state index is 0.272. The molecule has 1 aromatic rings. The second-order valence-electron chi connectivity index (χ2n) is 3.46. The van der Waals surface area contributed by atoms with Crippen LogP contribution >= 0.6 is 0 Å². The zero-order chi connectivity index (χ0) is 10.0. The lowest BCUT2D eigenvalue weighted by Crippen LogP contribution is -2.39. The first-order valence-corrected chi connectivity index (χ1v) is 6.39. The molecule has 78 valence electrons. The number of hydrogen-bond acceptors (Lipinski definition) is 4. The second kappa shape index (κ2) is 3.70. The molecule has 0 spiro atoms. The molecule has 0 bridgehead atoms. The molecule has 0 atom stereocenters. The average molecular weight is 215 g/mol. The average Bonchev–Trinajstić information content (AvgIpc) is 2.61. The van der Waals surface area contributed by atoms with Crippen LogP contribution in [0.25, 0.3) is 0 Å². The topological polar surface area (TPSA) is 66.1 Å². The van der Waals surface area contributed by atoms with Crippen molar-refractivity contribution in [2.75, 3.05) is 24.6 Å². The summed E-state index contributed by atoms with van der Waals surface area (Å²) in [5, 5.41) is 0. The molecule has 0 aromatic carbocycles. The standard InChI is InChI=1S/C8H13N3O2S/c12-14(13)5-3-11(4-6-14)7-8-9-1-2-10-8/h1-2H,3-7H2,(H,9,10). The highest BCUT2D eigenvalue weighted by Gasteiger charge is 2.21. The van der Waals surface area contributed by atoms with E-state index in [0.29, 0.717) is 19.6 Å². The van der Waals surface area contributed by atoms with Crippen molar-refractivity contribution in [3.63, 3.8) is 0 Å².